The van der Waals surface area contributed by atoms with Gasteiger partial charge in [-0.05, 0) is 38.4 Å². The van der Waals surface area contributed by atoms with Crippen LogP contribution in [-0.2, 0) is 6.54 Å². The van der Waals surface area contributed by atoms with Gasteiger partial charge in [0.25, 0.3) is 0 Å². The van der Waals surface area contributed by atoms with E-state index in [4.69, 9.17) is 5.10 Å². The fraction of sp³-hybridized carbons (Fsp3) is 0.824. The highest BCUT2D eigenvalue weighted by molar-refractivity contribution is 4.99. The van der Waals surface area contributed by atoms with Crippen LogP contribution >= 0.6 is 0 Å². The van der Waals surface area contributed by atoms with E-state index in [1.165, 1.54) is 50.8 Å². The summed E-state index contributed by atoms with van der Waals surface area (Å²) in [5, 5.41) is 8.27. The summed E-state index contributed by atoms with van der Waals surface area (Å²) < 4.78 is 2.20. The molecular weight excluding hydrogens is 260 g/mol. The summed E-state index contributed by atoms with van der Waals surface area (Å²) in [5.41, 5.74) is 1.18. The molecule has 120 valence electrons. The Bertz CT molecular complexity index is 382. The Morgan fingerprint density at radius 3 is 2.76 bits per heavy atom. The second-order valence-corrected chi connectivity index (χ2v) is 6.19. The monoisotopic (exact) mass is 292 g/mol. The SMILES string of the molecule is CCCN(CC)CCNCc1ccn(C2CCCCC2)n1. The zero-order chi connectivity index (χ0) is 14.9. The topological polar surface area (TPSA) is 33.1 Å². The van der Waals surface area contributed by atoms with E-state index < -0.39 is 0 Å². The molecule has 1 N–H and O–H groups in total. The highest BCUT2D eigenvalue weighted by Crippen LogP contribution is 2.27. The molecule has 1 aromatic rings. The molecule has 0 radical (unpaired) electrons. The third-order valence-corrected chi connectivity index (χ3v) is 4.51. The van der Waals surface area contributed by atoms with Gasteiger partial charge < -0.3 is 10.2 Å². The van der Waals surface area contributed by atoms with Crippen LogP contribution in [0.25, 0.3) is 0 Å². The van der Waals surface area contributed by atoms with Gasteiger partial charge in [0.2, 0.25) is 0 Å². The minimum Gasteiger partial charge on any atom is -0.310 e. The molecule has 1 aliphatic rings. The van der Waals surface area contributed by atoms with Gasteiger partial charge in [0, 0.05) is 25.8 Å². The standard InChI is InChI=1S/C17H32N4/c1-3-12-20(4-2)14-11-18-15-16-10-13-21(19-16)17-8-6-5-7-9-17/h10,13,17-18H,3-9,11-12,14-15H2,1-2H3. The number of nitrogens with zero attached hydrogens (tertiary/aromatic N) is 3. The number of hydrogen-bond donors (Lipinski definition) is 1. The van der Waals surface area contributed by atoms with Gasteiger partial charge in [-0.2, -0.15) is 5.10 Å². The van der Waals surface area contributed by atoms with Crippen LogP contribution in [0.1, 0.15) is 64.1 Å². The maximum Gasteiger partial charge on any atom is 0.0762 e. The second-order valence-electron chi connectivity index (χ2n) is 6.19. The van der Waals surface area contributed by atoms with E-state index in [9.17, 15) is 0 Å². The Balaban J connectivity index is 1.68. The predicted molar refractivity (Wildman–Crippen MR) is 88.5 cm³/mol. The summed E-state index contributed by atoms with van der Waals surface area (Å²) in [5.74, 6) is 0. The van der Waals surface area contributed by atoms with Crippen LogP contribution in [0, 0.1) is 0 Å². The molecule has 4 nitrogen and oxygen atoms in total. The Labute approximate surface area is 129 Å². The number of rotatable bonds is 9. The second kappa shape index (κ2) is 9.21. The van der Waals surface area contributed by atoms with Crippen molar-refractivity contribution >= 4 is 0 Å². The van der Waals surface area contributed by atoms with Gasteiger partial charge in [0.1, 0.15) is 0 Å². The Morgan fingerprint density at radius 2 is 2.05 bits per heavy atom. The van der Waals surface area contributed by atoms with Crippen molar-refractivity contribution in [2.45, 2.75) is 65.0 Å². The molecule has 0 amide bonds. The van der Waals surface area contributed by atoms with E-state index in [-0.39, 0.29) is 0 Å². The maximum atomic E-state index is 4.75. The minimum absolute atomic E-state index is 0.646. The van der Waals surface area contributed by atoms with Crippen LogP contribution in [0.2, 0.25) is 0 Å². The first kappa shape index (κ1) is 16.5. The maximum absolute atomic E-state index is 4.75. The molecule has 4 heteroatoms. The molecular formula is C17H32N4. The molecule has 1 aromatic heterocycles. The van der Waals surface area contributed by atoms with Gasteiger partial charge in [-0.25, -0.2) is 0 Å². The summed E-state index contributed by atoms with van der Waals surface area (Å²) in [6.45, 7) is 9.90. The van der Waals surface area contributed by atoms with Crippen LogP contribution in [0.15, 0.2) is 12.3 Å². The highest BCUT2D eigenvalue weighted by Gasteiger charge is 2.15. The molecule has 0 unspecified atom stereocenters. The van der Waals surface area contributed by atoms with E-state index in [0.29, 0.717) is 6.04 Å². The van der Waals surface area contributed by atoms with Crippen LogP contribution < -0.4 is 5.32 Å². The van der Waals surface area contributed by atoms with E-state index in [2.05, 4.69) is 41.0 Å². The van der Waals surface area contributed by atoms with Crippen LogP contribution in [0.3, 0.4) is 0 Å². The van der Waals surface area contributed by atoms with Crippen molar-refractivity contribution in [3.63, 3.8) is 0 Å². The van der Waals surface area contributed by atoms with Gasteiger partial charge in [0.15, 0.2) is 0 Å². The van der Waals surface area contributed by atoms with Gasteiger partial charge in [-0.3, -0.25) is 4.68 Å². The van der Waals surface area contributed by atoms with Gasteiger partial charge in [-0.15, -0.1) is 0 Å². The summed E-state index contributed by atoms with van der Waals surface area (Å²) >= 11 is 0. The van der Waals surface area contributed by atoms with Crippen LogP contribution in [0.5, 0.6) is 0 Å². The van der Waals surface area contributed by atoms with Crippen molar-refractivity contribution in [1.29, 1.82) is 0 Å². The third-order valence-electron chi connectivity index (χ3n) is 4.51. The summed E-state index contributed by atoms with van der Waals surface area (Å²) in [4.78, 5) is 2.49. The van der Waals surface area contributed by atoms with Gasteiger partial charge >= 0.3 is 0 Å². The fourth-order valence-electron chi connectivity index (χ4n) is 3.22. The molecule has 0 saturated heterocycles. The van der Waals surface area contributed by atoms with Crippen LogP contribution in [-0.4, -0.2) is 40.9 Å². The lowest BCUT2D eigenvalue weighted by Gasteiger charge is -2.21. The Morgan fingerprint density at radius 1 is 1.24 bits per heavy atom. The molecule has 21 heavy (non-hydrogen) atoms. The summed E-state index contributed by atoms with van der Waals surface area (Å²) in [6, 6.07) is 2.82. The molecule has 0 bridgehead atoms. The lowest BCUT2D eigenvalue weighted by atomic mass is 9.96. The average Bonchev–Trinajstić information content (AvgIpc) is 3.00. The molecule has 2 rings (SSSR count). The predicted octanol–water partition coefficient (Wildman–Crippen LogP) is 3.21. The number of likely N-dealkylation sites (N-methyl/N-ethyl adjacent to an activating group) is 1. The average molecular weight is 292 g/mol. The first-order valence-corrected chi connectivity index (χ1v) is 8.80. The zero-order valence-corrected chi connectivity index (χ0v) is 13.9. The molecule has 0 aromatic carbocycles. The van der Waals surface area contributed by atoms with Crippen molar-refractivity contribution in [3.05, 3.63) is 18.0 Å². The first-order chi connectivity index (χ1) is 10.3. The number of aromatic nitrogens is 2. The van der Waals surface area contributed by atoms with E-state index in [0.717, 1.165) is 26.2 Å². The van der Waals surface area contributed by atoms with E-state index >= 15 is 0 Å². The smallest absolute Gasteiger partial charge is 0.0762 e. The number of nitrogens with one attached hydrogen (secondary N) is 1. The summed E-state index contributed by atoms with van der Waals surface area (Å²) in [6.07, 6.45) is 10.1. The highest BCUT2D eigenvalue weighted by atomic mass is 15.3. The normalized spacial score (nSPS) is 16.7. The Kier molecular flexibility index (Phi) is 7.24. The van der Waals surface area contributed by atoms with E-state index in [1.807, 2.05) is 0 Å². The Hall–Kier alpha value is -0.870. The van der Waals surface area contributed by atoms with Crippen LogP contribution in [0.4, 0.5) is 0 Å². The molecule has 1 heterocycles. The molecule has 1 fully saturated rings. The lowest BCUT2D eigenvalue weighted by Crippen LogP contribution is -2.32. The van der Waals surface area contributed by atoms with Gasteiger partial charge in [0.05, 0.1) is 11.7 Å². The van der Waals surface area contributed by atoms with Crippen molar-refractivity contribution in [3.8, 4) is 0 Å². The molecule has 1 aliphatic carbocycles. The molecule has 0 atom stereocenters. The van der Waals surface area contributed by atoms with Crippen molar-refractivity contribution < 1.29 is 0 Å². The van der Waals surface area contributed by atoms with Crippen molar-refractivity contribution in [2.24, 2.45) is 0 Å². The number of hydrogen-bond acceptors (Lipinski definition) is 3. The zero-order valence-electron chi connectivity index (χ0n) is 13.9. The van der Waals surface area contributed by atoms with Crippen molar-refractivity contribution in [2.75, 3.05) is 26.2 Å². The molecule has 1 saturated carbocycles. The molecule has 0 spiro atoms. The lowest BCUT2D eigenvalue weighted by molar-refractivity contribution is 0.287. The molecule has 0 aliphatic heterocycles. The van der Waals surface area contributed by atoms with Gasteiger partial charge in [-0.1, -0.05) is 33.1 Å². The van der Waals surface area contributed by atoms with E-state index in [1.54, 1.807) is 0 Å². The summed E-state index contributed by atoms with van der Waals surface area (Å²) in [7, 11) is 0. The minimum atomic E-state index is 0.646. The fourth-order valence-corrected chi connectivity index (χ4v) is 3.22. The quantitative estimate of drug-likeness (QED) is 0.710. The third kappa shape index (κ3) is 5.44. The largest absolute Gasteiger partial charge is 0.310 e. The first-order valence-electron chi connectivity index (χ1n) is 8.80. The van der Waals surface area contributed by atoms with Crippen molar-refractivity contribution in [1.82, 2.24) is 20.0 Å².